The van der Waals surface area contributed by atoms with Crippen LogP contribution in [0, 0.1) is 23.8 Å². The molecule has 0 aliphatic rings. The third-order valence-electron chi connectivity index (χ3n) is 9.87. The van der Waals surface area contributed by atoms with Crippen LogP contribution in [0.25, 0.3) is 53.1 Å². The average molecular weight is 808 g/mol. The van der Waals surface area contributed by atoms with E-state index in [0.717, 1.165) is 53.0 Å². The number of aliphatic hydroxyl groups is 1. The summed E-state index contributed by atoms with van der Waals surface area (Å²) in [4.78, 5) is 22.8. The third-order valence-corrected chi connectivity index (χ3v) is 11.0. The third kappa shape index (κ3) is 6.81. The number of carbonyl (C=O) groups excluding carboxylic acids is 1. The van der Waals surface area contributed by atoms with Gasteiger partial charge in [0.2, 0.25) is 0 Å². The minimum atomic E-state index is -0.337. The first-order chi connectivity index (χ1) is 21.6. The molecule has 2 aromatic heterocycles. The van der Waals surface area contributed by atoms with Gasteiger partial charge in [0.1, 0.15) is 16.4 Å². The van der Waals surface area contributed by atoms with Gasteiger partial charge in [0.15, 0.2) is 5.78 Å². The van der Waals surface area contributed by atoms with Gasteiger partial charge in [0.05, 0.1) is 0 Å². The fraction of sp³-hybridized carbons (Fsp3) is 0.325. The summed E-state index contributed by atoms with van der Waals surface area (Å²) in [6, 6.07) is 29.0. The molecule has 6 heteroatoms. The number of hydrogen-bond acceptors (Lipinski definition) is 5. The van der Waals surface area contributed by atoms with Crippen molar-refractivity contribution in [3.05, 3.63) is 96.5 Å². The van der Waals surface area contributed by atoms with E-state index < -0.39 is 0 Å². The van der Waals surface area contributed by atoms with Crippen molar-refractivity contribution in [3.8, 4) is 11.3 Å². The van der Waals surface area contributed by atoms with Crippen molar-refractivity contribution >= 4 is 59.0 Å². The summed E-state index contributed by atoms with van der Waals surface area (Å²) in [5.74, 6) is 1.08. The molecule has 2 heterocycles. The van der Waals surface area contributed by atoms with Gasteiger partial charge in [-0.2, -0.15) is 0 Å². The van der Waals surface area contributed by atoms with E-state index in [4.69, 9.17) is 9.97 Å². The number of fused-ring (bicyclic) bond motifs is 6. The minimum absolute atomic E-state index is 0. The molecule has 0 unspecified atom stereocenters. The Hall–Kier alpha value is -3.44. The molecule has 0 fully saturated rings. The van der Waals surface area contributed by atoms with Crippen molar-refractivity contribution < 1.29 is 30.0 Å². The van der Waals surface area contributed by atoms with Gasteiger partial charge in [0, 0.05) is 52.8 Å². The number of ketones is 1. The number of nitrogens with zero attached hydrogens (tertiary/aromatic N) is 2. The Labute approximate surface area is 290 Å². The van der Waals surface area contributed by atoms with Crippen LogP contribution in [-0.4, -0.2) is 20.9 Å². The number of rotatable bonds is 8. The predicted molar refractivity (Wildman–Crippen MR) is 192 cm³/mol. The summed E-state index contributed by atoms with van der Waals surface area (Å²) < 4.78 is 1.27. The topological polar surface area (TPSA) is 63.1 Å². The van der Waals surface area contributed by atoms with Crippen molar-refractivity contribution in [1.82, 2.24) is 9.97 Å². The van der Waals surface area contributed by atoms with E-state index in [1.807, 2.05) is 48.5 Å². The zero-order valence-corrected chi connectivity index (χ0v) is 31.0. The summed E-state index contributed by atoms with van der Waals surface area (Å²) in [5, 5.41) is 17.4. The summed E-state index contributed by atoms with van der Waals surface area (Å²) in [6.45, 7) is 14.0. The molecule has 4 nitrogen and oxygen atoms in total. The second-order valence-electron chi connectivity index (χ2n) is 12.5. The van der Waals surface area contributed by atoms with Gasteiger partial charge in [-0.25, -0.2) is 4.98 Å². The second kappa shape index (κ2) is 14.5. The standard InChI is InChI=1S/C25H15N2S.C15H28O2.Ir/c1-15-26-23(19-11-10-16-6-2-3-8-18(16)14-19)22-21-13-12-17-7-4-5-9-20(17)24(21)28-25(22)27-15;1-7-14(5,8-2)12(16)11-13(17)15(6,9-3)10-4;/h2-10,12-14H,1H3;11,16H,7-10H2,1-6H3;/q-1;;/b;12-11-;. The van der Waals surface area contributed by atoms with Gasteiger partial charge < -0.3 is 5.11 Å². The number of allylic oxidation sites excluding steroid dienone is 2. The summed E-state index contributed by atoms with van der Waals surface area (Å²) >= 11 is 1.75. The first-order valence-corrected chi connectivity index (χ1v) is 16.8. The van der Waals surface area contributed by atoms with Crippen molar-refractivity contribution in [2.24, 2.45) is 10.8 Å². The number of benzene rings is 4. The maximum Gasteiger partial charge on any atom is 0.164 e. The molecular weight excluding hydrogens is 765 g/mol. The van der Waals surface area contributed by atoms with Crippen LogP contribution < -0.4 is 0 Å². The Morgan fingerprint density at radius 3 is 2.09 bits per heavy atom. The number of aromatic nitrogens is 2. The van der Waals surface area contributed by atoms with Gasteiger partial charge in [-0.15, -0.1) is 40.5 Å². The van der Waals surface area contributed by atoms with Crippen molar-refractivity contribution in [2.75, 3.05) is 0 Å². The average Bonchev–Trinajstić information content (AvgIpc) is 3.45. The van der Waals surface area contributed by atoms with Crippen LogP contribution >= 0.6 is 11.3 Å². The summed E-state index contributed by atoms with van der Waals surface area (Å²) in [6.07, 6.45) is 4.75. The molecule has 0 spiro atoms. The molecule has 6 aromatic rings. The molecule has 0 bridgehead atoms. The van der Waals surface area contributed by atoms with E-state index in [9.17, 15) is 9.90 Å². The molecule has 241 valence electrons. The van der Waals surface area contributed by atoms with Crippen LogP contribution in [0.15, 0.2) is 84.6 Å². The van der Waals surface area contributed by atoms with Gasteiger partial charge in [-0.3, -0.25) is 9.78 Å². The van der Waals surface area contributed by atoms with E-state index >= 15 is 0 Å². The number of aryl methyl sites for hydroxylation is 1. The molecular formula is C40H43IrN2O2S-. The molecule has 0 aliphatic carbocycles. The quantitative estimate of drug-likeness (QED) is 0.0945. The van der Waals surface area contributed by atoms with Crippen LogP contribution in [0.3, 0.4) is 0 Å². The molecule has 46 heavy (non-hydrogen) atoms. The Morgan fingerprint density at radius 2 is 1.43 bits per heavy atom. The molecule has 0 amide bonds. The first-order valence-electron chi connectivity index (χ1n) is 16.0. The molecule has 0 atom stereocenters. The molecule has 0 saturated carbocycles. The molecule has 1 radical (unpaired) electrons. The Bertz CT molecular complexity index is 2040. The maximum atomic E-state index is 12.2. The smallest absolute Gasteiger partial charge is 0.164 e. The molecule has 6 rings (SSSR count). The van der Waals surface area contributed by atoms with Gasteiger partial charge in [0.25, 0.3) is 0 Å². The van der Waals surface area contributed by atoms with Gasteiger partial charge in [-0.1, -0.05) is 108 Å². The Morgan fingerprint density at radius 1 is 0.826 bits per heavy atom. The zero-order valence-electron chi connectivity index (χ0n) is 27.8. The number of thiophene rings is 1. The van der Waals surface area contributed by atoms with E-state index in [0.29, 0.717) is 0 Å². The Kier molecular flexibility index (Phi) is 11.2. The van der Waals surface area contributed by atoms with E-state index in [2.05, 4.69) is 78.9 Å². The zero-order chi connectivity index (χ0) is 32.4. The van der Waals surface area contributed by atoms with E-state index in [1.54, 1.807) is 11.3 Å². The Balaban J connectivity index is 0.000000234. The van der Waals surface area contributed by atoms with Gasteiger partial charge in [-0.05, 0) is 48.8 Å². The summed E-state index contributed by atoms with van der Waals surface area (Å²) in [5.41, 5.74) is 1.38. The van der Waals surface area contributed by atoms with Crippen LogP contribution in [0.2, 0.25) is 0 Å². The molecule has 0 aliphatic heterocycles. The second-order valence-corrected chi connectivity index (χ2v) is 13.5. The van der Waals surface area contributed by atoms with Crippen molar-refractivity contribution in [3.63, 3.8) is 0 Å². The summed E-state index contributed by atoms with van der Waals surface area (Å²) in [7, 11) is 0. The van der Waals surface area contributed by atoms with Gasteiger partial charge >= 0.3 is 0 Å². The number of aliphatic hydroxyl groups excluding tert-OH is 1. The number of carbonyl (C=O) groups is 1. The SMILES string of the molecule is CCC(C)(CC)C(=O)/C=C(\O)C(C)(CC)CC.Cc1nc(-c2[c-]cc3ccccc3c2)c2c(n1)sc1c3ccccc3ccc12.[Ir]. The minimum Gasteiger partial charge on any atom is -0.512 e. The van der Waals surface area contributed by atoms with E-state index in [1.165, 1.54) is 37.7 Å². The van der Waals surface area contributed by atoms with E-state index in [-0.39, 0.29) is 42.5 Å². The molecule has 4 aromatic carbocycles. The number of hydrogen-bond donors (Lipinski definition) is 1. The predicted octanol–water partition coefficient (Wildman–Crippen LogP) is 11.6. The largest absolute Gasteiger partial charge is 0.512 e. The van der Waals surface area contributed by atoms with Crippen molar-refractivity contribution in [2.45, 2.75) is 74.1 Å². The fourth-order valence-corrected chi connectivity index (χ4v) is 6.91. The fourth-order valence-electron chi connectivity index (χ4n) is 5.65. The monoisotopic (exact) mass is 808 g/mol. The molecule has 1 N–H and O–H groups in total. The normalized spacial score (nSPS) is 12.3. The van der Waals surface area contributed by atoms with Crippen LogP contribution in [-0.2, 0) is 24.9 Å². The first kappa shape index (κ1) is 35.4. The van der Waals surface area contributed by atoms with Crippen LogP contribution in [0.5, 0.6) is 0 Å². The molecule has 0 saturated heterocycles. The van der Waals surface area contributed by atoms with Crippen LogP contribution in [0.1, 0.15) is 73.1 Å². The maximum absolute atomic E-state index is 12.2. The van der Waals surface area contributed by atoms with Crippen molar-refractivity contribution in [1.29, 1.82) is 0 Å². The van der Waals surface area contributed by atoms with Crippen LogP contribution in [0.4, 0.5) is 0 Å².